The smallest absolute Gasteiger partial charge is 0.417 e. The first kappa shape index (κ1) is 59.3. The van der Waals surface area contributed by atoms with Crippen molar-refractivity contribution in [2.45, 2.75) is 95.6 Å². The zero-order chi connectivity index (χ0) is 60.9. The highest BCUT2D eigenvalue weighted by Gasteiger charge is 2.42. The summed E-state index contributed by atoms with van der Waals surface area (Å²) in [5.74, 6) is -5.76. The number of thiophene rings is 1. The number of nitrogen functional groups attached to an aromatic ring is 1. The summed E-state index contributed by atoms with van der Waals surface area (Å²) in [6, 6.07) is 16.2. The van der Waals surface area contributed by atoms with Gasteiger partial charge in [-0.3, -0.25) is 9.59 Å². The summed E-state index contributed by atoms with van der Waals surface area (Å²) in [5.41, 5.74) is 5.46. The zero-order valence-electron chi connectivity index (χ0n) is 46.9. The number of methoxy groups -OCH3 is 1. The van der Waals surface area contributed by atoms with Gasteiger partial charge in [0.05, 0.1) is 46.3 Å². The Kier molecular flexibility index (Phi) is 16.6. The minimum absolute atomic E-state index is 0.00588. The van der Waals surface area contributed by atoms with Crippen LogP contribution in [0, 0.1) is 40.5 Å². The van der Waals surface area contributed by atoms with Crippen LogP contribution in [-0.4, -0.2) is 111 Å². The maximum Gasteiger partial charge on any atom is 0.417 e. The lowest BCUT2D eigenvalue weighted by Crippen LogP contribution is -2.51. The van der Waals surface area contributed by atoms with E-state index in [1.165, 1.54) is 47.0 Å². The number of benzene rings is 5. The van der Waals surface area contributed by atoms with Crippen molar-refractivity contribution >= 4 is 55.0 Å². The summed E-state index contributed by atoms with van der Waals surface area (Å²) in [6.07, 6.45) is -1.33. The number of nitrogens with zero attached hydrogens (tertiary/aromatic N) is 8. The lowest BCUT2D eigenvalue weighted by Gasteiger charge is -2.34. The number of piperazine rings is 1. The van der Waals surface area contributed by atoms with Gasteiger partial charge < -0.3 is 45.5 Å². The summed E-state index contributed by atoms with van der Waals surface area (Å²) < 4.78 is 126. The van der Waals surface area contributed by atoms with Gasteiger partial charge in [0, 0.05) is 60.7 Å². The Morgan fingerprint density at radius 3 is 2.28 bits per heavy atom. The Bertz CT molecular complexity index is 3920. The number of anilines is 2. The van der Waals surface area contributed by atoms with E-state index < -0.39 is 88.8 Å². The molecule has 0 aliphatic carbocycles. The number of carbonyl (C=O) groups is 2. The number of aliphatic hydroxyl groups excluding tert-OH is 1. The van der Waals surface area contributed by atoms with Crippen LogP contribution in [-0.2, 0) is 27.1 Å². The van der Waals surface area contributed by atoms with E-state index in [4.69, 9.17) is 29.9 Å². The average molecular weight is 1210 g/mol. The number of aliphatic hydroxyl groups is 1. The minimum atomic E-state index is -5.05. The summed E-state index contributed by atoms with van der Waals surface area (Å²) in [6.45, 7) is 5.65. The SMILES string of the molecule is CO[C@@H](C)COc1nc(N2CC3CCC(C2)N3)c2cc(C(F)(F)F)c(-c3ccc(F)c4sc(N)c(C#N)c34)c(OCc3ccc(-c4cn(C(C(=O)N5CCCC5C(=O)NC(CO)c5ccc(-c6c(F)ccc(F)c6F)cc5)C(C)C)nn4)cc3)c2n1. The Balaban J connectivity index is 0.882. The number of aromatic nitrogens is 5. The second kappa shape index (κ2) is 24.1. The number of carbonyl (C=O) groups excluding carboxylic acids is 2. The normalized spacial score (nSPS) is 18.0. The lowest BCUT2D eigenvalue weighted by atomic mass is 9.92. The van der Waals surface area contributed by atoms with Crippen molar-refractivity contribution in [2.24, 2.45) is 5.92 Å². The predicted molar refractivity (Wildman–Crippen MR) is 307 cm³/mol. The van der Waals surface area contributed by atoms with Crippen LogP contribution in [0.5, 0.6) is 11.8 Å². The number of rotatable bonds is 18. The van der Waals surface area contributed by atoms with E-state index in [2.05, 4.69) is 20.9 Å². The molecule has 17 nitrogen and oxygen atoms in total. The average Bonchev–Trinajstić information content (AvgIpc) is 3.13. The Morgan fingerprint density at radius 1 is 0.907 bits per heavy atom. The third kappa shape index (κ3) is 11.4. The van der Waals surface area contributed by atoms with Gasteiger partial charge in [0.25, 0.3) is 0 Å². The summed E-state index contributed by atoms with van der Waals surface area (Å²) in [5, 5.41) is 35.6. The highest BCUT2D eigenvalue weighted by molar-refractivity contribution is 7.23. The van der Waals surface area contributed by atoms with Gasteiger partial charge in [0.2, 0.25) is 11.8 Å². The van der Waals surface area contributed by atoms with E-state index in [1.54, 1.807) is 37.4 Å². The van der Waals surface area contributed by atoms with Gasteiger partial charge in [-0.05, 0) is 85.0 Å². The van der Waals surface area contributed by atoms with Gasteiger partial charge in [-0.25, -0.2) is 22.2 Å². The number of alkyl halides is 3. The third-order valence-electron chi connectivity index (χ3n) is 16.1. The standard InChI is InChI=1S/C61H58F7N11O6S/c1-30(2)53(59(82)78-21-5-6-47(78)58(81)72-46(27-80)34-11-13-35(14-12-34)48-42(62)19-20-43(63)51(48)65)79-26-45(75-76-79)33-9-7-32(8-10-33)29-84-54-50(38-17-18-44(64)55-49(38)40(23-69)56(70)86-55)41(61(66,67)68)22-39-52(54)73-60(85-28-31(3)83-4)74-57(39)77-24-36-15-16-37(25-77)71-36/h7-14,17-20,22,26,30-31,36-37,46-47,53,71,80H,5-6,15-16,21,24-25,27-29,70H2,1-4H3,(H,72,81)/t31-,36?,37?,46?,47?,53?/m0/s1. The van der Waals surface area contributed by atoms with Crippen LogP contribution in [0.4, 0.5) is 41.6 Å². The monoisotopic (exact) mass is 1210 g/mol. The van der Waals surface area contributed by atoms with Gasteiger partial charge in [-0.1, -0.05) is 73.7 Å². The van der Waals surface area contributed by atoms with E-state index in [9.17, 15) is 33.1 Å². The van der Waals surface area contributed by atoms with Crippen LogP contribution in [0.25, 0.3) is 54.5 Å². The molecule has 2 bridgehead atoms. The molecule has 0 radical (unpaired) electrons. The van der Waals surface area contributed by atoms with Crippen molar-refractivity contribution in [3.05, 3.63) is 131 Å². The molecule has 3 fully saturated rings. The molecule has 3 aliphatic rings. The summed E-state index contributed by atoms with van der Waals surface area (Å²) in [4.78, 5) is 41.4. The predicted octanol–water partition coefficient (Wildman–Crippen LogP) is 10.4. The van der Waals surface area contributed by atoms with Crippen LogP contribution in [0.2, 0.25) is 0 Å². The van der Waals surface area contributed by atoms with Crippen molar-refractivity contribution in [3.8, 4) is 51.3 Å². The van der Waals surface area contributed by atoms with E-state index in [0.29, 0.717) is 54.4 Å². The number of nitriles is 1. The number of likely N-dealkylation sites (tertiary alicyclic amines) is 1. The van der Waals surface area contributed by atoms with Crippen molar-refractivity contribution in [1.82, 2.24) is 40.5 Å². The summed E-state index contributed by atoms with van der Waals surface area (Å²) in [7, 11) is 1.50. The molecule has 11 rings (SSSR count). The molecule has 0 spiro atoms. The molecule has 5 unspecified atom stereocenters. The number of fused-ring (bicyclic) bond motifs is 4. The summed E-state index contributed by atoms with van der Waals surface area (Å²) >= 11 is 0.743. The number of halogens is 7. The first-order valence-electron chi connectivity index (χ1n) is 27.9. The van der Waals surface area contributed by atoms with Crippen LogP contribution in [0.1, 0.15) is 80.8 Å². The molecule has 6 atom stereocenters. The quantitative estimate of drug-likeness (QED) is 0.0464. The van der Waals surface area contributed by atoms with E-state index in [0.717, 1.165) is 42.4 Å². The molecule has 0 saturated carbocycles. The number of hydrogen-bond acceptors (Lipinski definition) is 15. The number of nitrogens with one attached hydrogen (secondary N) is 2. The molecular formula is C61H58F7N11O6S. The largest absolute Gasteiger partial charge is 0.486 e. The van der Waals surface area contributed by atoms with Gasteiger partial charge >= 0.3 is 12.2 Å². The van der Waals surface area contributed by atoms with Crippen LogP contribution < -0.4 is 30.7 Å². The number of ether oxygens (including phenoxy) is 3. The molecular weight excluding hydrogens is 1150 g/mol. The number of nitrogens with two attached hydrogens (primary N) is 1. The molecule has 25 heteroatoms. The fraction of sp³-hybridized carbons (Fsp3) is 0.361. The van der Waals surface area contributed by atoms with Crippen molar-refractivity contribution in [2.75, 3.05) is 50.6 Å². The van der Waals surface area contributed by atoms with Crippen molar-refractivity contribution in [3.63, 3.8) is 0 Å². The van der Waals surface area contributed by atoms with Gasteiger partial charge in [-0.2, -0.15) is 28.4 Å². The number of amides is 2. The molecule has 3 aromatic heterocycles. The molecule has 2 amide bonds. The van der Waals surface area contributed by atoms with Crippen LogP contribution >= 0.6 is 11.3 Å². The second-order valence-electron chi connectivity index (χ2n) is 22.0. The second-order valence-corrected chi connectivity index (χ2v) is 23.1. The molecule has 5 N–H and O–H groups in total. The van der Waals surface area contributed by atoms with E-state index in [1.807, 2.05) is 24.8 Å². The molecule has 3 saturated heterocycles. The van der Waals surface area contributed by atoms with E-state index in [-0.39, 0.29) is 98.0 Å². The third-order valence-corrected chi connectivity index (χ3v) is 17.1. The highest BCUT2D eigenvalue weighted by atomic mass is 32.1. The first-order chi connectivity index (χ1) is 41.2. The molecule has 8 aromatic rings. The zero-order valence-corrected chi connectivity index (χ0v) is 47.7. The van der Waals surface area contributed by atoms with Gasteiger partial charge in [-0.15, -0.1) is 16.4 Å². The topological polar surface area (TPSA) is 219 Å². The Labute approximate surface area is 492 Å². The van der Waals surface area contributed by atoms with Gasteiger partial charge in [0.15, 0.2) is 17.4 Å². The highest BCUT2D eigenvalue weighted by Crippen LogP contribution is 2.52. The Morgan fingerprint density at radius 2 is 1.60 bits per heavy atom. The fourth-order valence-corrected chi connectivity index (χ4v) is 12.7. The minimum Gasteiger partial charge on any atom is -0.486 e. The van der Waals surface area contributed by atoms with Crippen molar-refractivity contribution < 1.29 is 59.6 Å². The molecule has 448 valence electrons. The van der Waals surface area contributed by atoms with E-state index >= 15 is 17.6 Å². The maximum atomic E-state index is 16.0. The molecule has 6 heterocycles. The lowest BCUT2D eigenvalue weighted by molar-refractivity contribution is -0.142. The van der Waals surface area contributed by atoms with Crippen molar-refractivity contribution in [1.29, 1.82) is 5.26 Å². The molecule has 86 heavy (non-hydrogen) atoms. The number of hydrogen-bond donors (Lipinski definition) is 4. The van der Waals surface area contributed by atoms with Crippen LogP contribution in [0.15, 0.2) is 85.1 Å². The van der Waals surface area contributed by atoms with Gasteiger partial charge in [0.1, 0.15) is 65.0 Å². The fourth-order valence-electron chi connectivity index (χ4n) is 11.7. The molecule has 5 aromatic carbocycles. The Hall–Kier alpha value is -8.44. The maximum absolute atomic E-state index is 16.0. The van der Waals surface area contributed by atoms with Crippen LogP contribution in [0.3, 0.4) is 0 Å². The molecule has 3 aliphatic heterocycles. The first-order valence-corrected chi connectivity index (χ1v) is 28.7.